The molecule has 0 spiro atoms. The molecule has 3 fully saturated rings. The minimum atomic E-state index is -4.66. The van der Waals surface area contributed by atoms with Crippen LogP contribution in [0.3, 0.4) is 0 Å². The molecule has 3 heterocycles. The summed E-state index contributed by atoms with van der Waals surface area (Å²) in [5.74, 6) is -0.792. The van der Waals surface area contributed by atoms with Gasteiger partial charge in [0.25, 0.3) is 0 Å². The zero-order valence-electron chi connectivity index (χ0n) is 21.6. The molecule has 3 aromatic rings. The van der Waals surface area contributed by atoms with Gasteiger partial charge in [0.15, 0.2) is 6.04 Å². The summed E-state index contributed by atoms with van der Waals surface area (Å²) in [6.45, 7) is 0.600. The summed E-state index contributed by atoms with van der Waals surface area (Å²) in [7, 11) is 1.20. The highest BCUT2D eigenvalue weighted by Crippen LogP contribution is 2.46. The highest BCUT2D eigenvalue weighted by molar-refractivity contribution is 5.86. The number of rotatable bonds is 7. The van der Waals surface area contributed by atoms with Gasteiger partial charge in [-0.2, -0.15) is 13.2 Å². The summed E-state index contributed by atoms with van der Waals surface area (Å²) >= 11 is 0. The van der Waals surface area contributed by atoms with Crippen molar-refractivity contribution in [1.29, 1.82) is 0 Å². The molecule has 2 aliphatic carbocycles. The molecule has 39 heavy (non-hydrogen) atoms. The lowest BCUT2D eigenvalue weighted by molar-refractivity contribution is -0.190. The summed E-state index contributed by atoms with van der Waals surface area (Å²) in [5.41, 5.74) is 4.12. The van der Waals surface area contributed by atoms with Crippen LogP contribution >= 0.6 is 0 Å². The molecule has 1 aromatic carbocycles. The zero-order chi connectivity index (χ0) is 27.3. The molecule has 10 heteroatoms. The van der Waals surface area contributed by atoms with Crippen LogP contribution in [0.25, 0.3) is 11.0 Å². The third kappa shape index (κ3) is 5.16. The van der Waals surface area contributed by atoms with E-state index in [1.54, 1.807) is 29.4 Å². The van der Waals surface area contributed by atoms with Crippen LogP contribution in [-0.2, 0) is 9.59 Å². The third-order valence-electron chi connectivity index (χ3n) is 7.98. The summed E-state index contributed by atoms with van der Waals surface area (Å²) < 4.78 is 42.8. The van der Waals surface area contributed by atoms with E-state index in [2.05, 4.69) is 15.3 Å². The smallest absolute Gasteiger partial charge is 0.354 e. The van der Waals surface area contributed by atoms with E-state index in [-0.39, 0.29) is 23.9 Å². The first-order valence-electron chi connectivity index (χ1n) is 13.4. The van der Waals surface area contributed by atoms with Crippen molar-refractivity contribution in [2.24, 2.45) is 11.8 Å². The average Bonchev–Trinajstić information content (AvgIpc) is 3.86. The molecule has 1 N–H and O–H groups in total. The molecule has 6 rings (SSSR count). The number of nitrogens with zero attached hydrogens (tertiary/aromatic N) is 4. The summed E-state index contributed by atoms with van der Waals surface area (Å²) in [6, 6.07) is 7.68. The fourth-order valence-corrected chi connectivity index (χ4v) is 5.63. The van der Waals surface area contributed by atoms with Crippen molar-refractivity contribution in [1.82, 2.24) is 19.8 Å². The molecule has 1 saturated heterocycles. The van der Waals surface area contributed by atoms with Gasteiger partial charge in [0.1, 0.15) is 0 Å². The van der Waals surface area contributed by atoms with Crippen molar-refractivity contribution >= 4 is 34.2 Å². The Labute approximate surface area is 224 Å². The molecule has 3 aliphatic rings. The van der Waals surface area contributed by atoms with E-state index in [4.69, 9.17) is 0 Å². The summed E-state index contributed by atoms with van der Waals surface area (Å²) in [6.07, 6.45) is 3.03. The van der Waals surface area contributed by atoms with E-state index in [9.17, 15) is 22.8 Å². The molecule has 2 saturated carbocycles. The number of aromatic nitrogens is 2. The van der Waals surface area contributed by atoms with Gasteiger partial charge in [-0.1, -0.05) is 12.1 Å². The van der Waals surface area contributed by atoms with E-state index in [0.717, 1.165) is 52.9 Å². The highest BCUT2D eigenvalue weighted by Gasteiger charge is 2.47. The zero-order valence-corrected chi connectivity index (χ0v) is 21.6. The lowest BCUT2D eigenvalue weighted by Crippen LogP contribution is -2.43. The Balaban J connectivity index is 1.20. The molecular weight excluding hydrogens is 507 g/mol. The summed E-state index contributed by atoms with van der Waals surface area (Å²) in [4.78, 5) is 36.9. The molecule has 2 amide bonds. The maximum absolute atomic E-state index is 14.3. The number of anilines is 2. The first-order chi connectivity index (χ1) is 18.7. The van der Waals surface area contributed by atoms with Crippen molar-refractivity contribution in [2.45, 2.75) is 50.2 Å². The van der Waals surface area contributed by atoms with Crippen LogP contribution in [0.4, 0.5) is 24.5 Å². The second kappa shape index (κ2) is 9.81. The monoisotopic (exact) mass is 537 g/mol. The van der Waals surface area contributed by atoms with Crippen LogP contribution in [0.15, 0.2) is 48.8 Å². The third-order valence-corrected chi connectivity index (χ3v) is 7.98. The number of amides is 2. The first-order valence-corrected chi connectivity index (χ1v) is 13.4. The molecule has 7 nitrogen and oxygen atoms in total. The van der Waals surface area contributed by atoms with Crippen LogP contribution in [0.5, 0.6) is 0 Å². The van der Waals surface area contributed by atoms with Gasteiger partial charge in [0.05, 0.1) is 28.8 Å². The van der Waals surface area contributed by atoms with Gasteiger partial charge >= 0.3 is 6.18 Å². The number of nitrogens with one attached hydrogen (secondary N) is 1. The largest absolute Gasteiger partial charge is 0.413 e. The second-order valence-electron chi connectivity index (χ2n) is 10.9. The minimum absolute atomic E-state index is 0.0191. The maximum atomic E-state index is 14.3. The Bertz CT molecular complexity index is 1400. The van der Waals surface area contributed by atoms with Crippen LogP contribution in [0.1, 0.15) is 55.2 Å². The van der Waals surface area contributed by atoms with Crippen molar-refractivity contribution in [3.05, 3.63) is 59.9 Å². The molecule has 0 bridgehead atoms. The number of hydrogen-bond acceptors (Lipinski definition) is 5. The van der Waals surface area contributed by atoms with Crippen molar-refractivity contribution in [3.8, 4) is 0 Å². The fraction of sp³-hybridized carbons (Fsp3) is 0.448. The number of likely N-dealkylation sites (tertiary alicyclic amines) is 1. The predicted molar refractivity (Wildman–Crippen MR) is 140 cm³/mol. The number of alkyl halides is 3. The van der Waals surface area contributed by atoms with Crippen LogP contribution in [-0.4, -0.2) is 57.9 Å². The number of benzene rings is 1. The minimum Gasteiger partial charge on any atom is -0.354 e. The normalized spacial score (nSPS) is 20.2. The van der Waals surface area contributed by atoms with Crippen molar-refractivity contribution in [3.63, 3.8) is 0 Å². The number of carbonyl (C=O) groups excluding carboxylic acids is 2. The molecular formula is C29H30F3N5O2. The standard InChI is InChI=1S/C29H30F3N5O2/c1-36(27(38)20-12-14-37(16-20)28(39)19-6-7-19)26(29(30,31)32)18-8-10-21(11-9-18)35-23-15-34-22-3-2-13-33-25(22)24(23)17-4-5-17/h2-3,8-11,13,15,17,19-20,26,35H,4-7,12,14,16H2,1H3/t20?,26-/m0/s1. The Hall–Kier alpha value is -3.69. The molecule has 1 unspecified atom stereocenters. The SMILES string of the molecule is CN(C(=O)C1CCN(C(=O)C2CC2)C1)[C@@H](c1ccc(Nc2cnc3cccnc3c2C2CC2)cc1)C(F)(F)F. The molecule has 0 radical (unpaired) electrons. The van der Waals surface area contributed by atoms with E-state index >= 15 is 0 Å². The lowest BCUT2D eigenvalue weighted by Gasteiger charge is -2.32. The van der Waals surface area contributed by atoms with E-state index < -0.39 is 24.0 Å². The molecule has 2 atom stereocenters. The van der Waals surface area contributed by atoms with Gasteiger partial charge < -0.3 is 15.1 Å². The molecule has 204 valence electrons. The Morgan fingerprint density at radius 2 is 1.77 bits per heavy atom. The number of halogens is 3. The Morgan fingerprint density at radius 1 is 1.03 bits per heavy atom. The van der Waals surface area contributed by atoms with E-state index in [1.165, 1.54) is 19.2 Å². The van der Waals surface area contributed by atoms with Crippen molar-refractivity contribution < 1.29 is 22.8 Å². The van der Waals surface area contributed by atoms with Gasteiger partial charge in [0, 0.05) is 43.5 Å². The van der Waals surface area contributed by atoms with Crippen molar-refractivity contribution in [2.75, 3.05) is 25.5 Å². The fourth-order valence-electron chi connectivity index (χ4n) is 5.63. The first kappa shape index (κ1) is 25.6. The van der Waals surface area contributed by atoms with Crippen LogP contribution in [0, 0.1) is 11.8 Å². The Morgan fingerprint density at radius 3 is 2.44 bits per heavy atom. The lowest BCUT2D eigenvalue weighted by atomic mass is 10.0. The van der Waals surface area contributed by atoms with E-state index in [0.29, 0.717) is 24.6 Å². The maximum Gasteiger partial charge on any atom is 0.413 e. The molecule has 1 aliphatic heterocycles. The number of carbonyl (C=O) groups is 2. The van der Waals surface area contributed by atoms with Gasteiger partial charge in [-0.3, -0.25) is 19.6 Å². The van der Waals surface area contributed by atoms with Gasteiger partial charge in [-0.25, -0.2) is 0 Å². The van der Waals surface area contributed by atoms with Gasteiger partial charge in [-0.05, 0) is 67.9 Å². The van der Waals surface area contributed by atoms with Gasteiger partial charge in [-0.15, -0.1) is 0 Å². The van der Waals surface area contributed by atoms with E-state index in [1.807, 2.05) is 12.1 Å². The second-order valence-corrected chi connectivity index (χ2v) is 10.9. The number of fused-ring (bicyclic) bond motifs is 1. The summed E-state index contributed by atoms with van der Waals surface area (Å²) in [5, 5.41) is 3.32. The Kier molecular flexibility index (Phi) is 6.43. The molecule has 2 aromatic heterocycles. The quantitative estimate of drug-likeness (QED) is 0.426. The number of pyridine rings is 2. The average molecular weight is 538 g/mol. The highest BCUT2D eigenvalue weighted by atomic mass is 19.4. The van der Waals surface area contributed by atoms with Gasteiger partial charge in [0.2, 0.25) is 11.8 Å². The number of hydrogen-bond donors (Lipinski definition) is 1. The predicted octanol–water partition coefficient (Wildman–Crippen LogP) is 5.57. The van der Waals surface area contributed by atoms with Crippen LogP contribution < -0.4 is 5.32 Å². The van der Waals surface area contributed by atoms with Crippen LogP contribution in [0.2, 0.25) is 0 Å². The topological polar surface area (TPSA) is 78.4 Å².